The second-order valence-electron chi connectivity index (χ2n) is 5.42. The highest BCUT2D eigenvalue weighted by atomic mass is 14.3. The lowest BCUT2D eigenvalue weighted by atomic mass is 9.81. The van der Waals surface area contributed by atoms with Crippen LogP contribution in [0.1, 0.15) is 43.9 Å². The second kappa shape index (κ2) is 4.75. The Morgan fingerprint density at radius 2 is 1.53 bits per heavy atom. The van der Waals surface area contributed by atoms with Gasteiger partial charge in [0, 0.05) is 0 Å². The molecule has 0 saturated heterocycles. The maximum Gasteiger partial charge on any atom is 0.101 e. The summed E-state index contributed by atoms with van der Waals surface area (Å²) in [5, 5.41) is 20.1. The van der Waals surface area contributed by atoms with Crippen molar-refractivity contribution in [2.75, 3.05) is 0 Å². The molecule has 0 N–H and O–H groups in total. The lowest BCUT2D eigenvalue weighted by Gasteiger charge is -2.23. The van der Waals surface area contributed by atoms with Gasteiger partial charge in [-0.25, -0.2) is 0 Å². The van der Waals surface area contributed by atoms with Gasteiger partial charge < -0.3 is 0 Å². The first-order chi connectivity index (χ1) is 9.01. The molecule has 2 nitrogen and oxygen atoms in total. The van der Waals surface area contributed by atoms with Crippen molar-refractivity contribution in [3.05, 3.63) is 47.0 Å². The molecular weight excluding hydrogens is 232 g/mol. The molecule has 0 unspecified atom stereocenters. The van der Waals surface area contributed by atoms with E-state index in [2.05, 4.69) is 45.0 Å². The monoisotopic (exact) mass is 248 g/mol. The molecule has 2 rings (SSSR count). The predicted octanol–water partition coefficient (Wildman–Crippen LogP) is 4.27. The van der Waals surface area contributed by atoms with Crippen LogP contribution in [0, 0.1) is 22.7 Å². The SMILES string of the molecule is CCC(C)(C)c1ccc2cc(C#N)c(C#N)cc2c1. The Hall–Kier alpha value is -2.32. The summed E-state index contributed by atoms with van der Waals surface area (Å²) in [6.07, 6.45) is 1.06. The average molecular weight is 248 g/mol. The molecule has 2 heteroatoms. The van der Waals surface area contributed by atoms with Gasteiger partial charge in [0.15, 0.2) is 0 Å². The normalized spacial score (nSPS) is 11.0. The summed E-state index contributed by atoms with van der Waals surface area (Å²) in [5.41, 5.74) is 2.27. The third-order valence-corrected chi connectivity index (χ3v) is 3.88. The Bertz CT molecular complexity index is 712. The molecular formula is C17H16N2. The maximum absolute atomic E-state index is 9.08. The molecule has 0 fully saturated rings. The minimum absolute atomic E-state index is 0.120. The number of benzene rings is 2. The molecule has 2 aromatic carbocycles. The molecule has 0 bridgehead atoms. The van der Waals surface area contributed by atoms with Crippen LogP contribution < -0.4 is 0 Å². The van der Waals surface area contributed by atoms with Crippen LogP contribution in [-0.4, -0.2) is 0 Å². The second-order valence-corrected chi connectivity index (χ2v) is 5.42. The minimum Gasteiger partial charge on any atom is -0.192 e. The van der Waals surface area contributed by atoms with Crippen molar-refractivity contribution in [2.45, 2.75) is 32.6 Å². The number of hydrogen-bond acceptors (Lipinski definition) is 2. The van der Waals surface area contributed by atoms with Crippen LogP contribution in [0.3, 0.4) is 0 Å². The fraction of sp³-hybridized carbons (Fsp3) is 0.294. The molecule has 0 amide bonds. The van der Waals surface area contributed by atoms with Crippen molar-refractivity contribution in [3.8, 4) is 12.1 Å². The van der Waals surface area contributed by atoms with Gasteiger partial charge in [0.05, 0.1) is 11.1 Å². The van der Waals surface area contributed by atoms with E-state index in [1.807, 2.05) is 12.1 Å². The summed E-state index contributed by atoms with van der Waals surface area (Å²) in [6.45, 7) is 6.59. The largest absolute Gasteiger partial charge is 0.192 e. The van der Waals surface area contributed by atoms with Gasteiger partial charge in [-0.1, -0.05) is 39.0 Å². The van der Waals surface area contributed by atoms with E-state index in [1.54, 1.807) is 6.07 Å². The van der Waals surface area contributed by atoms with Crippen molar-refractivity contribution >= 4 is 10.8 Å². The highest BCUT2D eigenvalue weighted by Crippen LogP contribution is 2.30. The number of fused-ring (bicyclic) bond motifs is 1. The van der Waals surface area contributed by atoms with Crippen LogP contribution in [-0.2, 0) is 5.41 Å². The van der Waals surface area contributed by atoms with E-state index in [0.717, 1.165) is 17.2 Å². The lowest BCUT2D eigenvalue weighted by molar-refractivity contribution is 0.507. The number of nitrogens with zero attached hydrogens (tertiary/aromatic N) is 2. The molecule has 0 saturated carbocycles. The summed E-state index contributed by atoms with van der Waals surface area (Å²) in [6, 6.07) is 14.0. The van der Waals surface area contributed by atoms with Crippen LogP contribution in [0.4, 0.5) is 0 Å². The van der Waals surface area contributed by atoms with Gasteiger partial charge in [0.25, 0.3) is 0 Å². The van der Waals surface area contributed by atoms with Crippen molar-refractivity contribution in [1.82, 2.24) is 0 Å². The fourth-order valence-corrected chi connectivity index (χ4v) is 2.11. The minimum atomic E-state index is 0.120. The van der Waals surface area contributed by atoms with Crippen LogP contribution in [0.2, 0.25) is 0 Å². The zero-order chi connectivity index (χ0) is 14.0. The molecule has 94 valence electrons. The molecule has 19 heavy (non-hydrogen) atoms. The molecule has 2 aromatic rings. The number of hydrogen-bond donors (Lipinski definition) is 0. The Morgan fingerprint density at radius 3 is 2.05 bits per heavy atom. The molecule has 0 radical (unpaired) electrons. The van der Waals surface area contributed by atoms with E-state index < -0.39 is 0 Å². The van der Waals surface area contributed by atoms with Gasteiger partial charge >= 0.3 is 0 Å². The van der Waals surface area contributed by atoms with Gasteiger partial charge in [0.2, 0.25) is 0 Å². The molecule has 0 atom stereocenters. The summed E-state index contributed by atoms with van der Waals surface area (Å²) < 4.78 is 0. The van der Waals surface area contributed by atoms with E-state index in [1.165, 1.54) is 5.56 Å². The van der Waals surface area contributed by atoms with Crippen LogP contribution >= 0.6 is 0 Å². The van der Waals surface area contributed by atoms with Gasteiger partial charge in [-0.2, -0.15) is 10.5 Å². The maximum atomic E-state index is 9.08. The first kappa shape index (κ1) is 13.1. The third-order valence-electron chi connectivity index (χ3n) is 3.88. The zero-order valence-electron chi connectivity index (χ0n) is 11.5. The predicted molar refractivity (Wildman–Crippen MR) is 76.7 cm³/mol. The highest BCUT2D eigenvalue weighted by Gasteiger charge is 2.18. The van der Waals surface area contributed by atoms with Gasteiger partial charge in [0.1, 0.15) is 12.1 Å². The van der Waals surface area contributed by atoms with E-state index in [4.69, 9.17) is 10.5 Å². The summed E-state index contributed by atoms with van der Waals surface area (Å²) in [4.78, 5) is 0. The quantitative estimate of drug-likeness (QED) is 0.796. The summed E-state index contributed by atoms with van der Waals surface area (Å²) in [7, 11) is 0. The lowest BCUT2D eigenvalue weighted by Crippen LogP contribution is -2.15. The molecule has 0 aliphatic rings. The zero-order valence-corrected chi connectivity index (χ0v) is 11.5. The molecule has 0 aromatic heterocycles. The van der Waals surface area contributed by atoms with Crippen molar-refractivity contribution in [1.29, 1.82) is 10.5 Å². The fourth-order valence-electron chi connectivity index (χ4n) is 2.11. The van der Waals surface area contributed by atoms with Crippen molar-refractivity contribution < 1.29 is 0 Å². The van der Waals surface area contributed by atoms with E-state index in [0.29, 0.717) is 11.1 Å². The molecule has 0 spiro atoms. The Morgan fingerprint density at radius 1 is 0.947 bits per heavy atom. The van der Waals surface area contributed by atoms with Gasteiger partial charge in [-0.05, 0) is 40.3 Å². The Balaban J connectivity index is 2.69. The molecule has 0 aliphatic heterocycles. The molecule has 0 aliphatic carbocycles. The smallest absolute Gasteiger partial charge is 0.101 e. The van der Waals surface area contributed by atoms with Crippen molar-refractivity contribution in [3.63, 3.8) is 0 Å². The number of nitriles is 2. The summed E-state index contributed by atoms with van der Waals surface area (Å²) >= 11 is 0. The van der Waals surface area contributed by atoms with Gasteiger partial charge in [-0.3, -0.25) is 0 Å². The average Bonchev–Trinajstić information content (AvgIpc) is 2.44. The Labute approximate surface area is 113 Å². The standard InChI is InChI=1S/C17H16N2/c1-4-17(2,3)16-6-5-12-7-14(10-18)15(11-19)8-13(12)9-16/h5-9H,4H2,1-3H3. The van der Waals surface area contributed by atoms with Crippen molar-refractivity contribution in [2.24, 2.45) is 0 Å². The highest BCUT2D eigenvalue weighted by molar-refractivity contribution is 5.86. The topological polar surface area (TPSA) is 47.6 Å². The first-order valence-electron chi connectivity index (χ1n) is 6.40. The number of rotatable bonds is 2. The van der Waals surface area contributed by atoms with Crippen LogP contribution in [0.5, 0.6) is 0 Å². The van der Waals surface area contributed by atoms with E-state index >= 15 is 0 Å². The van der Waals surface area contributed by atoms with E-state index in [-0.39, 0.29) is 5.41 Å². The van der Waals surface area contributed by atoms with Crippen LogP contribution in [0.25, 0.3) is 10.8 Å². The van der Waals surface area contributed by atoms with Crippen LogP contribution in [0.15, 0.2) is 30.3 Å². The van der Waals surface area contributed by atoms with E-state index in [9.17, 15) is 0 Å². The van der Waals surface area contributed by atoms with Gasteiger partial charge in [-0.15, -0.1) is 0 Å². The first-order valence-corrected chi connectivity index (χ1v) is 6.40. The molecule has 0 heterocycles. The Kier molecular flexibility index (Phi) is 3.28. The third kappa shape index (κ3) is 2.30. The summed E-state index contributed by atoms with van der Waals surface area (Å²) in [5.74, 6) is 0.